The number of nitrogens with one attached hydrogen (secondary N) is 1. The fourth-order valence-corrected chi connectivity index (χ4v) is 2.53. The van der Waals surface area contributed by atoms with Crippen molar-refractivity contribution in [1.82, 2.24) is 14.8 Å². The Bertz CT molecular complexity index is 783. The first-order chi connectivity index (χ1) is 10.6. The fraction of sp³-hybridized carbons (Fsp3) is 0.385. The summed E-state index contributed by atoms with van der Waals surface area (Å²) < 4.78 is 63.8. The molecule has 10 heteroatoms. The molecule has 0 unspecified atom stereocenters. The molecule has 0 amide bonds. The minimum absolute atomic E-state index is 0.0738. The van der Waals surface area contributed by atoms with Gasteiger partial charge in [0.15, 0.2) is 5.82 Å². The molecule has 0 saturated carbocycles. The second-order valence-electron chi connectivity index (χ2n) is 4.84. The van der Waals surface area contributed by atoms with Crippen LogP contribution in [0.4, 0.5) is 18.9 Å². The van der Waals surface area contributed by atoms with Gasteiger partial charge in [-0.3, -0.25) is 4.72 Å². The molecule has 23 heavy (non-hydrogen) atoms. The highest BCUT2D eigenvalue weighted by molar-refractivity contribution is 7.92. The highest BCUT2D eigenvalue weighted by atomic mass is 32.2. The van der Waals surface area contributed by atoms with E-state index in [1.54, 1.807) is 0 Å². The summed E-state index contributed by atoms with van der Waals surface area (Å²) in [6.45, 7) is 1.76. The second-order valence-corrected chi connectivity index (χ2v) is 6.85. The highest BCUT2D eigenvalue weighted by Gasteiger charge is 2.30. The average molecular weight is 348 g/mol. The number of halogens is 3. The number of aryl methyl sites for hydroxylation is 1. The summed E-state index contributed by atoms with van der Waals surface area (Å²) in [7, 11) is -3.41. The van der Waals surface area contributed by atoms with Gasteiger partial charge in [0.25, 0.3) is 0 Å². The standard InChI is InChI=1S/C13H15F3N4O2S/c1-3-23(21,22)19-11-6-4-10(5-7-11)12-17-9(2)18-20(12)8-13(14,15)16/h4-7,19H,3,8H2,1-2H3. The highest BCUT2D eigenvalue weighted by Crippen LogP contribution is 2.24. The van der Waals surface area contributed by atoms with Crippen molar-refractivity contribution in [2.75, 3.05) is 10.5 Å². The molecule has 0 bridgehead atoms. The summed E-state index contributed by atoms with van der Waals surface area (Å²) in [5.41, 5.74) is 0.739. The monoisotopic (exact) mass is 348 g/mol. The lowest BCUT2D eigenvalue weighted by Gasteiger charge is -2.10. The van der Waals surface area contributed by atoms with Gasteiger partial charge in [0, 0.05) is 11.3 Å². The Morgan fingerprint density at radius 3 is 2.35 bits per heavy atom. The Balaban J connectivity index is 2.30. The molecule has 1 aromatic carbocycles. The molecule has 0 aliphatic rings. The van der Waals surface area contributed by atoms with E-state index >= 15 is 0 Å². The summed E-state index contributed by atoms with van der Waals surface area (Å²) in [6, 6.07) is 5.91. The predicted octanol–water partition coefficient (Wildman–Crippen LogP) is 2.58. The van der Waals surface area contributed by atoms with Crippen LogP contribution in [0.3, 0.4) is 0 Å². The van der Waals surface area contributed by atoms with Crippen molar-refractivity contribution in [3.05, 3.63) is 30.1 Å². The smallest absolute Gasteiger partial charge is 0.284 e. The molecule has 0 atom stereocenters. The van der Waals surface area contributed by atoms with Crippen LogP contribution in [0.5, 0.6) is 0 Å². The number of rotatable bonds is 5. The van der Waals surface area contributed by atoms with Crippen molar-refractivity contribution in [3.63, 3.8) is 0 Å². The number of aromatic nitrogens is 3. The van der Waals surface area contributed by atoms with E-state index in [4.69, 9.17) is 0 Å². The van der Waals surface area contributed by atoms with Crippen molar-refractivity contribution in [1.29, 1.82) is 0 Å². The average Bonchev–Trinajstić information content (AvgIpc) is 2.78. The number of anilines is 1. The molecule has 0 fully saturated rings. The zero-order chi connectivity index (χ0) is 17.3. The first kappa shape index (κ1) is 17.3. The third kappa shape index (κ3) is 4.68. The lowest BCUT2D eigenvalue weighted by atomic mass is 10.2. The van der Waals surface area contributed by atoms with Crippen molar-refractivity contribution >= 4 is 15.7 Å². The largest absolute Gasteiger partial charge is 0.408 e. The molecule has 0 spiro atoms. The minimum Gasteiger partial charge on any atom is -0.284 e. The van der Waals surface area contributed by atoms with E-state index in [0.717, 1.165) is 4.68 Å². The van der Waals surface area contributed by atoms with Crippen LogP contribution in [0.15, 0.2) is 24.3 Å². The van der Waals surface area contributed by atoms with Gasteiger partial charge in [-0.25, -0.2) is 18.1 Å². The molecule has 0 aliphatic heterocycles. The summed E-state index contributed by atoms with van der Waals surface area (Å²) in [6.07, 6.45) is -4.41. The summed E-state index contributed by atoms with van der Waals surface area (Å²) in [5.74, 6) is 0.221. The molecule has 126 valence electrons. The van der Waals surface area contributed by atoms with Crippen LogP contribution in [0, 0.1) is 6.92 Å². The SMILES string of the molecule is CCS(=O)(=O)Nc1ccc(-c2nc(C)nn2CC(F)(F)F)cc1. The lowest BCUT2D eigenvalue weighted by Crippen LogP contribution is -2.19. The van der Waals surface area contributed by atoms with Crippen molar-refractivity contribution in [2.24, 2.45) is 0 Å². The molecule has 0 aliphatic carbocycles. The van der Waals surface area contributed by atoms with Crippen LogP contribution in [0.1, 0.15) is 12.7 Å². The van der Waals surface area contributed by atoms with Crippen molar-refractivity contribution in [2.45, 2.75) is 26.6 Å². The zero-order valence-electron chi connectivity index (χ0n) is 12.4. The molecule has 0 radical (unpaired) electrons. The maximum atomic E-state index is 12.6. The summed E-state index contributed by atoms with van der Waals surface area (Å²) in [5, 5.41) is 3.74. The van der Waals surface area contributed by atoms with E-state index in [-0.39, 0.29) is 17.4 Å². The quantitative estimate of drug-likeness (QED) is 0.901. The summed E-state index contributed by atoms with van der Waals surface area (Å²) >= 11 is 0. The van der Waals surface area contributed by atoms with Gasteiger partial charge in [-0.2, -0.15) is 18.3 Å². The Hall–Kier alpha value is -2.10. The first-order valence-corrected chi connectivity index (χ1v) is 8.34. The van der Waals surface area contributed by atoms with Gasteiger partial charge < -0.3 is 0 Å². The van der Waals surface area contributed by atoms with E-state index in [1.165, 1.54) is 38.1 Å². The first-order valence-electron chi connectivity index (χ1n) is 6.69. The lowest BCUT2D eigenvalue weighted by molar-refractivity contribution is -0.142. The van der Waals surface area contributed by atoms with E-state index in [1.807, 2.05) is 0 Å². The van der Waals surface area contributed by atoms with Crippen LogP contribution in [0.2, 0.25) is 0 Å². The molecular weight excluding hydrogens is 333 g/mol. The Morgan fingerprint density at radius 1 is 1.22 bits per heavy atom. The third-order valence-corrected chi connectivity index (χ3v) is 4.21. The maximum Gasteiger partial charge on any atom is 0.408 e. The Morgan fingerprint density at radius 2 is 1.83 bits per heavy atom. The number of hydrogen-bond donors (Lipinski definition) is 1. The fourth-order valence-electron chi connectivity index (χ4n) is 1.89. The minimum atomic E-state index is -4.41. The molecule has 6 nitrogen and oxygen atoms in total. The number of benzene rings is 1. The van der Waals surface area contributed by atoms with Crippen molar-refractivity contribution < 1.29 is 21.6 Å². The number of sulfonamides is 1. The topological polar surface area (TPSA) is 76.9 Å². The normalized spacial score (nSPS) is 12.4. The van der Waals surface area contributed by atoms with E-state index in [0.29, 0.717) is 11.3 Å². The number of alkyl halides is 3. The van der Waals surface area contributed by atoms with Gasteiger partial charge in [-0.1, -0.05) is 0 Å². The maximum absolute atomic E-state index is 12.6. The second kappa shape index (κ2) is 6.19. The molecule has 2 aromatic rings. The van der Waals surface area contributed by atoms with Gasteiger partial charge in [-0.05, 0) is 38.1 Å². The molecular formula is C13H15F3N4O2S. The predicted molar refractivity (Wildman–Crippen MR) is 79.3 cm³/mol. The van der Waals surface area contributed by atoms with E-state index in [9.17, 15) is 21.6 Å². The molecule has 2 rings (SSSR count). The zero-order valence-corrected chi connectivity index (χ0v) is 13.2. The van der Waals surface area contributed by atoms with Crippen LogP contribution in [-0.2, 0) is 16.6 Å². The summed E-state index contributed by atoms with van der Waals surface area (Å²) in [4.78, 5) is 4.00. The van der Waals surface area contributed by atoms with Gasteiger partial charge in [0.1, 0.15) is 12.4 Å². The van der Waals surface area contributed by atoms with Crippen LogP contribution in [0.25, 0.3) is 11.4 Å². The number of nitrogens with zero attached hydrogens (tertiary/aromatic N) is 3. The van der Waals surface area contributed by atoms with Gasteiger partial charge >= 0.3 is 6.18 Å². The van der Waals surface area contributed by atoms with Crippen LogP contribution in [-0.4, -0.2) is 35.1 Å². The van der Waals surface area contributed by atoms with E-state index < -0.39 is 22.7 Å². The third-order valence-electron chi connectivity index (χ3n) is 2.90. The molecule has 1 heterocycles. The van der Waals surface area contributed by atoms with Crippen LogP contribution < -0.4 is 4.72 Å². The Labute approximate surface area is 131 Å². The Kier molecular flexibility index (Phi) is 4.64. The molecule has 1 aromatic heterocycles. The van der Waals surface area contributed by atoms with Gasteiger partial charge in [0.05, 0.1) is 5.75 Å². The van der Waals surface area contributed by atoms with Crippen LogP contribution >= 0.6 is 0 Å². The molecule has 0 saturated heterocycles. The number of hydrogen-bond acceptors (Lipinski definition) is 4. The van der Waals surface area contributed by atoms with Gasteiger partial charge in [0.2, 0.25) is 10.0 Å². The van der Waals surface area contributed by atoms with E-state index in [2.05, 4.69) is 14.8 Å². The molecule has 1 N–H and O–H groups in total. The van der Waals surface area contributed by atoms with Crippen molar-refractivity contribution in [3.8, 4) is 11.4 Å². The van der Waals surface area contributed by atoms with Gasteiger partial charge in [-0.15, -0.1) is 0 Å².